The average Bonchev–Trinajstić information content (AvgIpc) is 0.906. The fourth-order valence-corrected chi connectivity index (χ4v) is 11.9. The third kappa shape index (κ3) is 80.0. The van der Waals surface area contributed by atoms with Crippen LogP contribution in [0.3, 0.4) is 0 Å². The number of aliphatic hydroxyl groups excluding tert-OH is 1. The minimum atomic E-state index is -5.02. The third-order valence-corrected chi connectivity index (χ3v) is 18.4. The number of unbranched alkanes of at least 4 members (excludes halogenated alkanes) is 18. The minimum absolute atomic E-state index is 0.00732. The Bertz CT molecular complexity index is 2850. The van der Waals surface area contributed by atoms with Crippen LogP contribution in [0.2, 0.25) is 0 Å². The lowest BCUT2D eigenvalue weighted by Gasteiger charge is -2.21. The van der Waals surface area contributed by atoms with Crippen LogP contribution < -0.4 is 0 Å². The first-order valence-corrected chi connectivity index (χ1v) is 44.7. The molecule has 0 fully saturated rings. The number of aliphatic hydroxyl groups is 1. The number of phosphoric ester groups is 2. The van der Waals surface area contributed by atoms with Crippen molar-refractivity contribution in [2.75, 3.05) is 39.6 Å². The molecule has 3 N–H and O–H groups in total. The standard InChI is InChI=1S/C91H146O17P2/c1-5-9-13-17-21-25-29-33-37-40-42-45-48-51-55-59-63-67-71-75-88(93)101-81-86(107-90(95)77-73-69-65-61-57-53-47-36-32-28-24-20-16-12-8-4)83-105-109(97,98)103-79-85(92)80-104-110(99,100)106-84-87(108-91(96)78-74-70-66-62-58-54-50-44-39-35-31-27-23-19-15-11-7-3)82-102-89(94)76-72-68-64-60-56-52-49-46-43-41-38-34-30-26-22-18-14-10-6-2/h9-11,13-15,21-23,25-27,33-39,42-43,45-47,50,52,54,56,62,64,66,68,85-87,92H,5-8,12,16-20,24,28-32,40-41,44,48-49,51,53,55,57-61,63,65,67,69-84H2,1-4H3,(H,97,98)(H,99,100)/b13-9-,14-10-,15-11-,25-21-,26-22-,27-23-,37-33-,38-34-,39-35-,45-42-,46-43-,47-36-,54-50-,56-52-,66-62-,68-64-. The van der Waals surface area contributed by atoms with Gasteiger partial charge in [-0.25, -0.2) is 9.13 Å². The molecule has 0 amide bonds. The van der Waals surface area contributed by atoms with Crippen LogP contribution in [0.15, 0.2) is 194 Å². The maximum Gasteiger partial charge on any atom is 0.472 e. The molecule has 0 saturated heterocycles. The van der Waals surface area contributed by atoms with Crippen LogP contribution in [0.4, 0.5) is 0 Å². The van der Waals surface area contributed by atoms with Gasteiger partial charge < -0.3 is 33.8 Å². The fourth-order valence-electron chi connectivity index (χ4n) is 10.3. The van der Waals surface area contributed by atoms with E-state index in [4.69, 9.17) is 37.0 Å². The number of ether oxygens (including phenoxy) is 4. The van der Waals surface area contributed by atoms with Crippen molar-refractivity contribution in [1.82, 2.24) is 0 Å². The van der Waals surface area contributed by atoms with Crippen LogP contribution in [0.1, 0.15) is 297 Å². The van der Waals surface area contributed by atoms with Crippen LogP contribution in [0, 0.1) is 0 Å². The SMILES string of the molecule is CC/C=C\C/C=C\C/C=C\C/C=C\C/C=C\C/C=C\CCC(=O)OCC(COP(=O)(O)OCC(O)COP(=O)(O)OCC(COC(=O)CCCCCCCC/C=C\C/C=C\C/C=C\C/C=C\CC)OC(=O)CCCCCCC/C=C\CCCCCCCC)OC(=O)CCC/C=C\C/C=C\C/C=C\C/C=C\C/C=C\CC. The van der Waals surface area contributed by atoms with Crippen molar-refractivity contribution in [3.05, 3.63) is 194 Å². The monoisotopic (exact) mass is 1570 g/mol. The summed E-state index contributed by atoms with van der Waals surface area (Å²) in [6.45, 7) is 4.34. The highest BCUT2D eigenvalue weighted by Gasteiger charge is 2.30. The molecule has 0 aliphatic heterocycles. The van der Waals surface area contributed by atoms with Gasteiger partial charge in [0.15, 0.2) is 12.2 Å². The number of hydrogen-bond donors (Lipinski definition) is 3. The third-order valence-electron chi connectivity index (χ3n) is 16.5. The molecule has 0 aliphatic carbocycles. The number of esters is 4. The van der Waals surface area contributed by atoms with Gasteiger partial charge in [0.1, 0.15) is 19.3 Å². The first kappa shape index (κ1) is 104. The predicted octanol–water partition coefficient (Wildman–Crippen LogP) is 24.9. The molecule has 0 radical (unpaired) electrons. The van der Waals surface area contributed by atoms with Gasteiger partial charge in [0, 0.05) is 25.7 Å². The minimum Gasteiger partial charge on any atom is -0.462 e. The smallest absolute Gasteiger partial charge is 0.462 e. The summed E-state index contributed by atoms with van der Waals surface area (Å²) in [5.41, 5.74) is 0. The lowest BCUT2D eigenvalue weighted by molar-refractivity contribution is -0.161. The Balaban J connectivity index is 5.52. The van der Waals surface area contributed by atoms with E-state index in [0.29, 0.717) is 38.5 Å². The van der Waals surface area contributed by atoms with Crippen LogP contribution in [0.5, 0.6) is 0 Å². The second-order valence-electron chi connectivity index (χ2n) is 26.9. The van der Waals surface area contributed by atoms with Gasteiger partial charge in [0.2, 0.25) is 0 Å². The van der Waals surface area contributed by atoms with E-state index in [1.54, 1.807) is 0 Å². The molecule has 0 aromatic rings. The van der Waals surface area contributed by atoms with E-state index in [0.717, 1.165) is 167 Å². The summed E-state index contributed by atoms with van der Waals surface area (Å²) in [6, 6.07) is 0. The van der Waals surface area contributed by atoms with Gasteiger partial charge in [-0.15, -0.1) is 0 Å². The zero-order valence-corrected chi connectivity index (χ0v) is 69.9. The summed E-state index contributed by atoms with van der Waals surface area (Å²) in [6.07, 6.45) is 99.9. The van der Waals surface area contributed by atoms with E-state index in [9.17, 15) is 43.2 Å². The molecule has 0 spiro atoms. The van der Waals surface area contributed by atoms with Gasteiger partial charge in [-0.1, -0.05) is 299 Å². The van der Waals surface area contributed by atoms with E-state index in [1.807, 2.05) is 30.4 Å². The molecule has 110 heavy (non-hydrogen) atoms. The summed E-state index contributed by atoms with van der Waals surface area (Å²) in [5.74, 6) is -2.38. The summed E-state index contributed by atoms with van der Waals surface area (Å²) >= 11 is 0. The highest BCUT2D eigenvalue weighted by atomic mass is 31.2. The number of carbonyl (C=O) groups excluding carboxylic acids is 4. The predicted molar refractivity (Wildman–Crippen MR) is 454 cm³/mol. The Morgan fingerprint density at radius 1 is 0.264 bits per heavy atom. The molecule has 0 bridgehead atoms. The largest absolute Gasteiger partial charge is 0.472 e. The lowest BCUT2D eigenvalue weighted by Crippen LogP contribution is -2.30. The van der Waals surface area contributed by atoms with Crippen molar-refractivity contribution >= 4 is 39.5 Å². The Morgan fingerprint density at radius 3 is 0.827 bits per heavy atom. The summed E-state index contributed by atoms with van der Waals surface area (Å²) in [7, 11) is -10.0. The fraction of sp³-hybridized carbons (Fsp3) is 0.604. The number of carbonyl (C=O) groups is 4. The molecule has 0 rings (SSSR count). The summed E-state index contributed by atoms with van der Waals surface area (Å²) in [5, 5.41) is 10.7. The molecule has 5 unspecified atom stereocenters. The Labute approximate surface area is 666 Å². The number of hydrogen-bond acceptors (Lipinski definition) is 15. The highest BCUT2D eigenvalue weighted by molar-refractivity contribution is 7.47. The van der Waals surface area contributed by atoms with Crippen LogP contribution in [-0.4, -0.2) is 96.7 Å². The number of allylic oxidation sites excluding steroid dienone is 32. The van der Waals surface area contributed by atoms with Crippen LogP contribution in [0.25, 0.3) is 0 Å². The molecular weight excluding hydrogens is 1430 g/mol. The van der Waals surface area contributed by atoms with Gasteiger partial charge in [0.25, 0.3) is 0 Å². The van der Waals surface area contributed by atoms with Crippen molar-refractivity contribution in [3.8, 4) is 0 Å². The zero-order valence-electron chi connectivity index (χ0n) is 68.1. The molecule has 0 saturated carbocycles. The van der Waals surface area contributed by atoms with Crippen molar-refractivity contribution < 1.29 is 80.2 Å². The van der Waals surface area contributed by atoms with Crippen molar-refractivity contribution in [3.63, 3.8) is 0 Å². The van der Waals surface area contributed by atoms with Crippen LogP contribution >= 0.6 is 15.6 Å². The number of phosphoric acid groups is 2. The molecule has 5 atom stereocenters. The summed E-state index contributed by atoms with van der Waals surface area (Å²) in [4.78, 5) is 73.2. The highest BCUT2D eigenvalue weighted by Crippen LogP contribution is 2.45. The first-order chi connectivity index (χ1) is 53.7. The van der Waals surface area contributed by atoms with Gasteiger partial charge in [-0.05, 0) is 167 Å². The van der Waals surface area contributed by atoms with Gasteiger partial charge in [0.05, 0.1) is 26.4 Å². The van der Waals surface area contributed by atoms with Crippen LogP contribution in [-0.2, 0) is 65.4 Å². The zero-order chi connectivity index (χ0) is 80.3. The topological polar surface area (TPSA) is 237 Å². The first-order valence-electron chi connectivity index (χ1n) is 41.7. The van der Waals surface area contributed by atoms with Gasteiger partial charge >= 0.3 is 39.5 Å². The Kier molecular flexibility index (Phi) is 76.4. The van der Waals surface area contributed by atoms with E-state index in [2.05, 4.69) is 192 Å². The van der Waals surface area contributed by atoms with Gasteiger partial charge in [-0.2, -0.15) is 0 Å². The van der Waals surface area contributed by atoms with E-state index < -0.39 is 97.5 Å². The molecule has 0 aliphatic rings. The molecule has 0 aromatic heterocycles. The summed E-state index contributed by atoms with van der Waals surface area (Å²) < 4.78 is 68.6. The molecule has 17 nitrogen and oxygen atoms in total. The van der Waals surface area contributed by atoms with E-state index in [-0.39, 0.29) is 25.7 Å². The van der Waals surface area contributed by atoms with Crippen molar-refractivity contribution in [1.29, 1.82) is 0 Å². The Morgan fingerprint density at radius 2 is 0.500 bits per heavy atom. The average molecular weight is 1570 g/mol. The second kappa shape index (κ2) is 80.9. The molecule has 622 valence electrons. The van der Waals surface area contributed by atoms with E-state index >= 15 is 0 Å². The number of rotatable bonds is 76. The molecule has 0 aromatic carbocycles. The quantitative estimate of drug-likeness (QED) is 0.0169. The van der Waals surface area contributed by atoms with Gasteiger partial charge in [-0.3, -0.25) is 37.3 Å². The van der Waals surface area contributed by atoms with Crippen molar-refractivity contribution in [2.45, 2.75) is 316 Å². The molecular formula is C91H146O17P2. The van der Waals surface area contributed by atoms with E-state index in [1.165, 1.54) is 38.5 Å². The normalized spacial score (nSPS) is 14.8. The Hall–Kier alpha value is -6.10. The molecule has 19 heteroatoms. The maximum absolute atomic E-state index is 13.1. The van der Waals surface area contributed by atoms with Crippen molar-refractivity contribution in [2.24, 2.45) is 0 Å². The maximum atomic E-state index is 13.1. The molecule has 0 heterocycles. The lowest BCUT2D eigenvalue weighted by atomic mass is 10.1. The second-order valence-corrected chi connectivity index (χ2v) is 29.8.